The molecule has 0 radical (unpaired) electrons. The molecule has 2 unspecified atom stereocenters. The molecule has 2 bridgehead atoms. The van der Waals surface area contributed by atoms with Crippen molar-refractivity contribution in [1.29, 1.82) is 0 Å². The maximum absolute atomic E-state index is 13.4. The third-order valence-corrected chi connectivity index (χ3v) is 8.00. The molecular formula is C30H32N2O4. The van der Waals surface area contributed by atoms with Gasteiger partial charge in [-0.15, -0.1) is 0 Å². The van der Waals surface area contributed by atoms with Crippen molar-refractivity contribution in [3.63, 3.8) is 0 Å². The summed E-state index contributed by atoms with van der Waals surface area (Å²) in [4.78, 5) is 17.3. The lowest BCUT2D eigenvalue weighted by atomic mass is 9.77. The Hall–Kier alpha value is -3.35. The zero-order chi connectivity index (χ0) is 24.9. The van der Waals surface area contributed by atoms with E-state index in [-0.39, 0.29) is 24.1 Å². The first kappa shape index (κ1) is 23.1. The zero-order valence-electron chi connectivity index (χ0n) is 20.8. The van der Waals surface area contributed by atoms with E-state index in [0.29, 0.717) is 32.7 Å². The van der Waals surface area contributed by atoms with Crippen LogP contribution in [0.25, 0.3) is 11.1 Å². The Morgan fingerprint density at radius 1 is 0.972 bits per heavy atom. The predicted molar refractivity (Wildman–Crippen MR) is 139 cm³/mol. The summed E-state index contributed by atoms with van der Waals surface area (Å²) in [7, 11) is 3.98. The molecule has 2 aliphatic heterocycles. The van der Waals surface area contributed by atoms with Gasteiger partial charge in [0, 0.05) is 38.5 Å². The first-order valence-corrected chi connectivity index (χ1v) is 12.7. The lowest BCUT2D eigenvalue weighted by Crippen LogP contribution is -2.62. The normalized spacial score (nSPS) is 24.7. The van der Waals surface area contributed by atoms with Crippen LogP contribution in [-0.4, -0.2) is 62.1 Å². The summed E-state index contributed by atoms with van der Waals surface area (Å²) in [5.74, 6) is 0.0212. The van der Waals surface area contributed by atoms with Crippen molar-refractivity contribution < 1.29 is 19.4 Å². The van der Waals surface area contributed by atoms with Gasteiger partial charge in [-0.25, -0.2) is 4.79 Å². The van der Waals surface area contributed by atoms with Gasteiger partial charge in [0.1, 0.15) is 6.61 Å². The highest BCUT2D eigenvalue weighted by Crippen LogP contribution is 2.45. The number of anilines is 1. The second kappa shape index (κ2) is 8.95. The number of ether oxygens (including phenoxy) is 2. The highest BCUT2D eigenvalue weighted by Gasteiger charge is 2.49. The Bertz CT molecular complexity index is 1230. The van der Waals surface area contributed by atoms with Crippen LogP contribution < -0.4 is 4.90 Å². The smallest absolute Gasteiger partial charge is 0.410 e. The van der Waals surface area contributed by atoms with Gasteiger partial charge >= 0.3 is 6.09 Å². The van der Waals surface area contributed by atoms with Gasteiger partial charge in [-0.1, -0.05) is 60.7 Å². The number of hydrogen-bond donors (Lipinski definition) is 1. The van der Waals surface area contributed by atoms with Crippen molar-refractivity contribution in [3.8, 4) is 11.1 Å². The largest absolute Gasteiger partial charge is 0.448 e. The fraction of sp³-hybridized carbons (Fsp3) is 0.367. The standard InChI is InChI=1S/C30H32N2O4/c1-31(2)21-9-7-8-20(14-21)30(34)15-22-17-35-18-23(16-30)32(22)29(33)36-19-28-26-12-5-3-10-24(26)25-11-4-6-13-27(25)28/h3-14,22-23,28,34H,15-19H2,1-2H3. The van der Waals surface area contributed by atoms with E-state index in [1.54, 1.807) is 0 Å². The van der Waals surface area contributed by atoms with E-state index in [1.165, 1.54) is 22.3 Å². The molecule has 0 spiro atoms. The molecule has 1 amide bonds. The van der Waals surface area contributed by atoms with Crippen LogP contribution in [0.5, 0.6) is 0 Å². The molecule has 6 nitrogen and oxygen atoms in total. The zero-order valence-corrected chi connectivity index (χ0v) is 20.8. The molecular weight excluding hydrogens is 452 g/mol. The Morgan fingerprint density at radius 2 is 1.58 bits per heavy atom. The van der Waals surface area contributed by atoms with E-state index in [4.69, 9.17) is 9.47 Å². The van der Waals surface area contributed by atoms with E-state index in [0.717, 1.165) is 11.3 Å². The Labute approximate surface area is 212 Å². The van der Waals surface area contributed by atoms with E-state index in [2.05, 4.69) is 24.3 Å². The maximum Gasteiger partial charge on any atom is 0.410 e. The summed E-state index contributed by atoms with van der Waals surface area (Å²) in [6.45, 7) is 1.09. The van der Waals surface area contributed by atoms with Gasteiger partial charge in [-0.2, -0.15) is 0 Å². The molecule has 6 heteroatoms. The van der Waals surface area contributed by atoms with Crippen LogP contribution in [0.4, 0.5) is 10.5 Å². The number of hydrogen-bond acceptors (Lipinski definition) is 5. The predicted octanol–water partition coefficient (Wildman–Crippen LogP) is 4.75. The quantitative estimate of drug-likeness (QED) is 0.579. The number of aliphatic hydroxyl groups is 1. The molecule has 6 rings (SSSR count). The van der Waals surface area contributed by atoms with Crippen molar-refractivity contribution in [3.05, 3.63) is 89.5 Å². The number of amides is 1. The Morgan fingerprint density at radius 3 is 2.19 bits per heavy atom. The van der Waals surface area contributed by atoms with Gasteiger partial charge in [0.15, 0.2) is 0 Å². The summed E-state index contributed by atoms with van der Waals surface area (Å²) in [5, 5.41) is 11.7. The Balaban J connectivity index is 1.20. The molecule has 1 aliphatic carbocycles. The van der Waals surface area contributed by atoms with Crippen LogP contribution in [0.2, 0.25) is 0 Å². The maximum atomic E-state index is 13.4. The molecule has 3 aromatic rings. The molecule has 0 saturated carbocycles. The number of benzene rings is 3. The van der Waals surface area contributed by atoms with Gasteiger partial charge in [-0.05, 0) is 39.9 Å². The van der Waals surface area contributed by atoms with Crippen LogP contribution in [-0.2, 0) is 15.1 Å². The van der Waals surface area contributed by atoms with Gasteiger partial charge in [0.05, 0.1) is 30.9 Å². The fourth-order valence-electron chi connectivity index (χ4n) is 6.25. The SMILES string of the molecule is CN(C)c1cccc(C2(O)CC3COCC(C2)N3C(=O)OCC2c3ccccc3-c3ccccc32)c1. The molecule has 2 fully saturated rings. The minimum Gasteiger partial charge on any atom is -0.448 e. The van der Waals surface area contributed by atoms with E-state index >= 15 is 0 Å². The van der Waals surface area contributed by atoms with Crippen LogP contribution >= 0.6 is 0 Å². The molecule has 0 aromatic heterocycles. The third kappa shape index (κ3) is 3.85. The molecule has 36 heavy (non-hydrogen) atoms. The topological polar surface area (TPSA) is 62.2 Å². The van der Waals surface area contributed by atoms with E-state index in [9.17, 15) is 9.90 Å². The highest BCUT2D eigenvalue weighted by molar-refractivity contribution is 5.79. The molecule has 2 heterocycles. The van der Waals surface area contributed by atoms with E-state index < -0.39 is 5.60 Å². The van der Waals surface area contributed by atoms with Crippen LogP contribution in [0.1, 0.15) is 35.4 Å². The fourth-order valence-corrected chi connectivity index (χ4v) is 6.25. The van der Waals surface area contributed by atoms with Gasteiger partial charge in [0.25, 0.3) is 0 Å². The second-order valence-electron chi connectivity index (χ2n) is 10.4. The summed E-state index contributed by atoms with van der Waals surface area (Å²) in [6.07, 6.45) is 0.522. The molecule has 3 aliphatic rings. The lowest BCUT2D eigenvalue weighted by Gasteiger charge is -2.51. The molecule has 1 N–H and O–H groups in total. The minimum absolute atomic E-state index is 0.0212. The second-order valence-corrected chi connectivity index (χ2v) is 10.4. The number of carbonyl (C=O) groups excluding carboxylic acids is 1. The summed E-state index contributed by atoms with van der Waals surface area (Å²) < 4.78 is 11.8. The molecule has 186 valence electrons. The first-order valence-electron chi connectivity index (χ1n) is 12.7. The van der Waals surface area contributed by atoms with Crippen LogP contribution in [0.15, 0.2) is 72.8 Å². The van der Waals surface area contributed by atoms with Crippen LogP contribution in [0, 0.1) is 0 Å². The average Bonchev–Trinajstić information content (AvgIpc) is 3.20. The number of carbonyl (C=O) groups is 1. The average molecular weight is 485 g/mol. The van der Waals surface area contributed by atoms with Crippen molar-refractivity contribution in [2.24, 2.45) is 0 Å². The summed E-state index contributed by atoms with van der Waals surface area (Å²) >= 11 is 0. The number of rotatable bonds is 4. The van der Waals surface area contributed by atoms with Gasteiger partial charge < -0.3 is 19.5 Å². The van der Waals surface area contributed by atoms with Crippen molar-refractivity contribution in [1.82, 2.24) is 4.90 Å². The summed E-state index contributed by atoms with van der Waals surface area (Å²) in [6, 6.07) is 24.3. The Kier molecular flexibility index (Phi) is 5.73. The molecule has 2 saturated heterocycles. The van der Waals surface area contributed by atoms with Crippen molar-refractivity contribution in [2.45, 2.75) is 36.4 Å². The number of piperidine rings is 1. The monoisotopic (exact) mass is 484 g/mol. The third-order valence-electron chi connectivity index (χ3n) is 8.00. The first-order chi connectivity index (χ1) is 17.4. The summed E-state index contributed by atoms with van der Waals surface area (Å²) in [5.41, 5.74) is 5.74. The molecule has 2 atom stereocenters. The van der Waals surface area contributed by atoms with Crippen molar-refractivity contribution >= 4 is 11.8 Å². The number of fused-ring (bicyclic) bond motifs is 5. The lowest BCUT2D eigenvalue weighted by molar-refractivity contribution is -0.136. The van der Waals surface area contributed by atoms with Gasteiger partial charge in [0.2, 0.25) is 0 Å². The number of nitrogens with zero attached hydrogens (tertiary/aromatic N) is 2. The molecule has 3 aromatic carbocycles. The van der Waals surface area contributed by atoms with Crippen molar-refractivity contribution in [2.75, 3.05) is 38.8 Å². The highest BCUT2D eigenvalue weighted by atomic mass is 16.6. The minimum atomic E-state index is -1.01. The van der Waals surface area contributed by atoms with E-state index in [1.807, 2.05) is 72.4 Å². The van der Waals surface area contributed by atoms with Gasteiger partial charge in [-0.3, -0.25) is 4.90 Å². The number of morpholine rings is 1. The van der Waals surface area contributed by atoms with Crippen LogP contribution in [0.3, 0.4) is 0 Å².